The van der Waals surface area contributed by atoms with E-state index in [1.165, 1.54) is 5.56 Å². The Labute approximate surface area is 145 Å². The Morgan fingerprint density at radius 1 is 1.00 bits per heavy atom. The van der Waals surface area contributed by atoms with Crippen molar-refractivity contribution in [3.05, 3.63) is 66.5 Å². The molecule has 4 aromatic rings. The average Bonchev–Trinajstić information content (AvgIpc) is 2.94. The number of aryl methyl sites for hydroxylation is 2. The Kier molecular flexibility index (Phi) is 3.61. The highest BCUT2D eigenvalue weighted by atomic mass is 16.3. The van der Waals surface area contributed by atoms with Crippen LogP contribution in [0.5, 0.6) is 5.75 Å². The van der Waals surface area contributed by atoms with Crippen LogP contribution in [0.1, 0.15) is 5.56 Å². The van der Waals surface area contributed by atoms with Crippen molar-refractivity contribution in [3.63, 3.8) is 0 Å². The molecule has 0 aliphatic rings. The number of rotatable bonds is 3. The second kappa shape index (κ2) is 5.94. The third kappa shape index (κ3) is 2.80. The van der Waals surface area contributed by atoms with Gasteiger partial charge in [-0.3, -0.25) is 0 Å². The summed E-state index contributed by atoms with van der Waals surface area (Å²) in [5.41, 5.74) is 5.07. The average molecular weight is 330 g/mol. The number of benzene rings is 2. The van der Waals surface area contributed by atoms with Gasteiger partial charge in [0.05, 0.1) is 11.1 Å². The molecule has 0 spiro atoms. The first kappa shape index (κ1) is 15.2. The van der Waals surface area contributed by atoms with Crippen molar-refractivity contribution in [1.82, 2.24) is 14.5 Å². The maximum Gasteiger partial charge on any atom is 0.145 e. The number of phenolic OH excluding ortho intramolecular Hbond substituents is 1. The highest BCUT2D eigenvalue weighted by Crippen LogP contribution is 2.31. The molecule has 2 aromatic carbocycles. The predicted molar refractivity (Wildman–Crippen MR) is 100 cm³/mol. The van der Waals surface area contributed by atoms with Gasteiger partial charge in [0.1, 0.15) is 23.5 Å². The van der Waals surface area contributed by atoms with Crippen molar-refractivity contribution < 1.29 is 5.11 Å². The van der Waals surface area contributed by atoms with Crippen molar-refractivity contribution in [3.8, 4) is 17.0 Å². The van der Waals surface area contributed by atoms with Gasteiger partial charge in [-0.15, -0.1) is 0 Å². The van der Waals surface area contributed by atoms with Gasteiger partial charge < -0.3 is 15.0 Å². The Bertz CT molecular complexity index is 1050. The van der Waals surface area contributed by atoms with E-state index in [0.717, 1.165) is 33.8 Å². The molecule has 0 bridgehead atoms. The number of aromatic hydroxyl groups is 1. The minimum absolute atomic E-state index is 0.254. The maximum absolute atomic E-state index is 9.50. The lowest BCUT2D eigenvalue weighted by molar-refractivity contribution is 0.475. The molecule has 4 rings (SSSR count). The molecule has 2 heterocycles. The van der Waals surface area contributed by atoms with Crippen LogP contribution < -0.4 is 5.32 Å². The molecule has 0 radical (unpaired) electrons. The van der Waals surface area contributed by atoms with Gasteiger partial charge in [-0.2, -0.15) is 0 Å². The Balaban J connectivity index is 1.82. The van der Waals surface area contributed by atoms with E-state index in [2.05, 4.69) is 40.4 Å². The molecule has 0 atom stereocenters. The van der Waals surface area contributed by atoms with Crippen molar-refractivity contribution >= 4 is 22.5 Å². The smallest absolute Gasteiger partial charge is 0.145 e. The number of hydrogen-bond acceptors (Lipinski definition) is 4. The van der Waals surface area contributed by atoms with Gasteiger partial charge in [0.2, 0.25) is 0 Å². The Morgan fingerprint density at radius 2 is 1.80 bits per heavy atom. The van der Waals surface area contributed by atoms with Gasteiger partial charge in [0.25, 0.3) is 0 Å². The second-order valence-electron chi connectivity index (χ2n) is 6.09. The van der Waals surface area contributed by atoms with Gasteiger partial charge in [0.15, 0.2) is 0 Å². The fraction of sp³-hybridized carbons (Fsp3) is 0.100. The van der Waals surface area contributed by atoms with Crippen LogP contribution in [0.2, 0.25) is 0 Å². The number of anilines is 2. The third-order valence-electron chi connectivity index (χ3n) is 4.27. The highest BCUT2D eigenvalue weighted by molar-refractivity contribution is 5.93. The van der Waals surface area contributed by atoms with Crippen molar-refractivity contribution in [2.24, 2.45) is 7.05 Å². The standard InChI is InChI=1S/C20H18N4O/c1-13-4-3-5-15(10-13)23-19-17-11-18(14-6-8-16(25)9-7-14)24(2)20(17)22-12-21-19/h3-12,25H,1-2H3,(H,21,22,23). The summed E-state index contributed by atoms with van der Waals surface area (Å²) >= 11 is 0. The van der Waals surface area contributed by atoms with E-state index in [0.29, 0.717) is 0 Å². The Morgan fingerprint density at radius 3 is 2.56 bits per heavy atom. The first-order valence-electron chi connectivity index (χ1n) is 8.05. The van der Waals surface area contributed by atoms with E-state index in [1.54, 1.807) is 18.5 Å². The molecule has 2 aromatic heterocycles. The zero-order valence-corrected chi connectivity index (χ0v) is 14.1. The molecule has 0 unspecified atom stereocenters. The number of hydrogen-bond donors (Lipinski definition) is 2. The van der Waals surface area contributed by atoms with Crippen LogP contribution in [0.4, 0.5) is 11.5 Å². The van der Waals surface area contributed by atoms with E-state index < -0.39 is 0 Å². The summed E-state index contributed by atoms with van der Waals surface area (Å²) in [5.74, 6) is 1.03. The molecule has 0 fully saturated rings. The summed E-state index contributed by atoms with van der Waals surface area (Å²) in [6, 6.07) is 17.4. The molecule has 5 heteroatoms. The fourth-order valence-corrected chi connectivity index (χ4v) is 3.00. The summed E-state index contributed by atoms with van der Waals surface area (Å²) in [5, 5.41) is 13.8. The van der Waals surface area contributed by atoms with E-state index in [1.807, 2.05) is 35.9 Å². The first-order valence-corrected chi connectivity index (χ1v) is 8.05. The molecular formula is C20H18N4O. The van der Waals surface area contributed by atoms with Crippen LogP contribution in [-0.4, -0.2) is 19.6 Å². The highest BCUT2D eigenvalue weighted by Gasteiger charge is 2.13. The minimum Gasteiger partial charge on any atom is -0.508 e. The predicted octanol–water partition coefficient (Wildman–Crippen LogP) is 4.39. The normalized spacial score (nSPS) is 11.0. The second-order valence-corrected chi connectivity index (χ2v) is 6.09. The lowest BCUT2D eigenvalue weighted by Crippen LogP contribution is -1.97. The van der Waals surface area contributed by atoms with Crippen LogP contribution in [0, 0.1) is 6.92 Å². The Hall–Kier alpha value is -3.34. The molecule has 0 amide bonds. The van der Waals surface area contributed by atoms with Crippen molar-refractivity contribution in [2.45, 2.75) is 6.92 Å². The number of nitrogens with zero attached hydrogens (tertiary/aromatic N) is 3. The zero-order chi connectivity index (χ0) is 17.4. The van der Waals surface area contributed by atoms with Crippen LogP contribution in [0.25, 0.3) is 22.3 Å². The lowest BCUT2D eigenvalue weighted by Gasteiger charge is -2.07. The van der Waals surface area contributed by atoms with E-state index in [-0.39, 0.29) is 5.75 Å². The van der Waals surface area contributed by atoms with Crippen LogP contribution in [-0.2, 0) is 7.05 Å². The number of fused-ring (bicyclic) bond motifs is 1. The quantitative estimate of drug-likeness (QED) is 0.585. The van der Waals surface area contributed by atoms with Gasteiger partial charge in [-0.25, -0.2) is 9.97 Å². The molecule has 124 valence electrons. The summed E-state index contributed by atoms with van der Waals surface area (Å²) in [7, 11) is 1.98. The number of nitrogens with one attached hydrogen (secondary N) is 1. The largest absolute Gasteiger partial charge is 0.508 e. The van der Waals surface area contributed by atoms with Crippen molar-refractivity contribution in [1.29, 1.82) is 0 Å². The molecule has 2 N–H and O–H groups in total. The zero-order valence-electron chi connectivity index (χ0n) is 14.1. The van der Waals surface area contributed by atoms with Gasteiger partial charge in [-0.05, 0) is 60.5 Å². The monoisotopic (exact) mass is 330 g/mol. The molecular weight excluding hydrogens is 312 g/mol. The molecule has 0 aliphatic carbocycles. The summed E-state index contributed by atoms with van der Waals surface area (Å²) in [6.45, 7) is 2.06. The third-order valence-corrected chi connectivity index (χ3v) is 4.27. The molecule has 0 aliphatic heterocycles. The van der Waals surface area contributed by atoms with E-state index in [4.69, 9.17) is 0 Å². The minimum atomic E-state index is 0.254. The molecule has 0 saturated heterocycles. The lowest BCUT2D eigenvalue weighted by atomic mass is 10.1. The first-order chi connectivity index (χ1) is 12.1. The summed E-state index contributed by atoms with van der Waals surface area (Å²) < 4.78 is 2.03. The molecule has 0 saturated carbocycles. The summed E-state index contributed by atoms with van der Waals surface area (Å²) in [6.07, 6.45) is 1.57. The van der Waals surface area contributed by atoms with E-state index in [9.17, 15) is 5.11 Å². The van der Waals surface area contributed by atoms with Crippen LogP contribution in [0.15, 0.2) is 60.9 Å². The fourth-order valence-electron chi connectivity index (χ4n) is 3.00. The number of phenols is 1. The van der Waals surface area contributed by atoms with Crippen LogP contribution >= 0.6 is 0 Å². The van der Waals surface area contributed by atoms with Gasteiger partial charge in [-0.1, -0.05) is 12.1 Å². The SMILES string of the molecule is Cc1cccc(Nc2ncnc3c2cc(-c2ccc(O)cc2)n3C)c1. The summed E-state index contributed by atoms with van der Waals surface area (Å²) in [4.78, 5) is 8.85. The molecule has 5 nitrogen and oxygen atoms in total. The van der Waals surface area contributed by atoms with Crippen molar-refractivity contribution in [2.75, 3.05) is 5.32 Å². The van der Waals surface area contributed by atoms with Crippen LogP contribution in [0.3, 0.4) is 0 Å². The van der Waals surface area contributed by atoms with Gasteiger partial charge >= 0.3 is 0 Å². The van der Waals surface area contributed by atoms with Gasteiger partial charge in [0, 0.05) is 12.7 Å². The topological polar surface area (TPSA) is 63.0 Å². The molecule has 25 heavy (non-hydrogen) atoms. The number of aromatic nitrogens is 3. The van der Waals surface area contributed by atoms with E-state index >= 15 is 0 Å². The maximum atomic E-state index is 9.50.